The number of halogens is 2. The molecule has 0 bridgehead atoms. The van der Waals surface area contributed by atoms with E-state index in [0.29, 0.717) is 10.9 Å². The predicted molar refractivity (Wildman–Crippen MR) is 170 cm³/mol. The van der Waals surface area contributed by atoms with Crippen molar-refractivity contribution >= 4 is 33.4 Å². The first-order chi connectivity index (χ1) is 22.2. The van der Waals surface area contributed by atoms with Crippen molar-refractivity contribution in [3.05, 3.63) is 78.3 Å². The lowest BCUT2D eigenvalue weighted by Crippen LogP contribution is -2.42. The Morgan fingerprint density at radius 3 is 2.70 bits per heavy atom. The van der Waals surface area contributed by atoms with E-state index >= 15 is 4.39 Å². The van der Waals surface area contributed by atoms with E-state index in [0.717, 1.165) is 29.3 Å². The Balaban J connectivity index is 1.48. The lowest BCUT2D eigenvalue weighted by Gasteiger charge is -2.34. The van der Waals surface area contributed by atoms with E-state index in [2.05, 4.69) is 26.4 Å². The number of ether oxygens (including phenoxy) is 2. The van der Waals surface area contributed by atoms with Gasteiger partial charge in [-0.3, -0.25) is 14.7 Å². The number of aromatic nitrogens is 3. The fourth-order valence-corrected chi connectivity index (χ4v) is 6.22. The summed E-state index contributed by atoms with van der Waals surface area (Å²) in [6.45, 7) is 6.30. The van der Waals surface area contributed by atoms with E-state index in [4.69, 9.17) is 9.47 Å². The molecule has 236 valence electrons. The van der Waals surface area contributed by atoms with Crippen molar-refractivity contribution in [3.63, 3.8) is 0 Å². The van der Waals surface area contributed by atoms with E-state index < -0.39 is 17.6 Å². The number of likely N-dealkylation sites (N-methyl/N-ethyl adjacent to an activating group) is 1. The minimum absolute atomic E-state index is 0.0102. The second-order valence-corrected chi connectivity index (χ2v) is 11.5. The number of hydrogen-bond acceptors (Lipinski definition) is 9. The minimum Gasteiger partial charge on any atom is -0.462 e. The number of fused-ring (bicyclic) bond motifs is 2. The molecule has 46 heavy (non-hydrogen) atoms. The molecule has 2 aliphatic heterocycles. The van der Waals surface area contributed by atoms with E-state index in [1.54, 1.807) is 12.0 Å². The first-order valence-corrected chi connectivity index (χ1v) is 14.9. The Hall–Kier alpha value is -4.99. The smallest absolute Gasteiger partial charge is 0.319 e. The van der Waals surface area contributed by atoms with Crippen LogP contribution >= 0.6 is 0 Å². The average molecular weight is 626 g/mol. The van der Waals surface area contributed by atoms with Crippen LogP contribution < -0.4 is 9.64 Å². The van der Waals surface area contributed by atoms with Crippen LogP contribution in [0, 0.1) is 24.1 Å². The van der Waals surface area contributed by atoms with Crippen molar-refractivity contribution in [2.75, 3.05) is 45.3 Å². The number of nitrogens with zero attached hydrogens (tertiary/aromatic N) is 7. The molecule has 2 aromatic carbocycles. The Kier molecular flexibility index (Phi) is 8.62. The van der Waals surface area contributed by atoms with Gasteiger partial charge in [0.05, 0.1) is 29.7 Å². The molecule has 4 aromatic rings. The number of pyridine rings is 1. The zero-order valence-electron chi connectivity index (χ0n) is 25.8. The van der Waals surface area contributed by atoms with Gasteiger partial charge in [-0.2, -0.15) is 15.2 Å². The third-order valence-electron chi connectivity index (χ3n) is 8.63. The molecule has 0 radical (unpaired) electrons. The molecule has 0 saturated carbocycles. The van der Waals surface area contributed by atoms with Crippen LogP contribution in [0.2, 0.25) is 0 Å². The van der Waals surface area contributed by atoms with Gasteiger partial charge in [0.2, 0.25) is 0 Å². The molecule has 2 aliphatic rings. The van der Waals surface area contributed by atoms with Crippen LogP contribution in [0.4, 0.5) is 14.6 Å². The fourth-order valence-electron chi connectivity index (χ4n) is 6.22. The van der Waals surface area contributed by atoms with Crippen molar-refractivity contribution in [1.29, 1.82) is 5.26 Å². The number of hydrogen-bond donors (Lipinski definition) is 0. The second kappa shape index (κ2) is 12.8. The number of allylic oxidation sites excluding steroid dienone is 1. The normalized spacial score (nSPS) is 18.6. The summed E-state index contributed by atoms with van der Waals surface area (Å²) in [6, 6.07) is 13.6. The fraction of sp³-hybridized carbons (Fsp3) is 0.324. The van der Waals surface area contributed by atoms with Gasteiger partial charge in [-0.25, -0.2) is 8.78 Å². The molecule has 2 aromatic heterocycles. The maximum atomic E-state index is 16.7. The summed E-state index contributed by atoms with van der Waals surface area (Å²) in [5, 5.41) is 11.6. The standard InChI is InChI=1S/C34H33F2N7O3/c1-20-7-5-8-22-9-6-10-26(28(20)22)30-29(36)31-27(16-38-30)32(40-34(39-31)46-19-24-15-25(45-4)18-41(24)3)42-13-14-43(33(44)21(2)35)23(17-42)11-12-37/h5-10,16-17,24-25H,2,11,13-15,18-19H2,1,3-4H3/t24-,25+/m0/s1. The largest absolute Gasteiger partial charge is 0.462 e. The van der Waals surface area contributed by atoms with Gasteiger partial charge in [0.25, 0.3) is 5.91 Å². The number of rotatable bonds is 8. The molecule has 6 rings (SSSR count). The van der Waals surface area contributed by atoms with Gasteiger partial charge >= 0.3 is 6.01 Å². The highest BCUT2D eigenvalue weighted by atomic mass is 19.1. The Bertz CT molecular complexity index is 1920. The summed E-state index contributed by atoms with van der Waals surface area (Å²) in [6.07, 6.45) is 3.72. The van der Waals surface area contributed by atoms with Crippen LogP contribution in [0.25, 0.3) is 32.9 Å². The van der Waals surface area contributed by atoms with Crippen LogP contribution in [-0.2, 0) is 9.53 Å². The third-order valence-corrected chi connectivity index (χ3v) is 8.63. The molecule has 4 heterocycles. The van der Waals surface area contributed by atoms with Crippen molar-refractivity contribution in [1.82, 2.24) is 24.8 Å². The van der Waals surface area contributed by atoms with Crippen molar-refractivity contribution < 1.29 is 23.0 Å². The van der Waals surface area contributed by atoms with Gasteiger partial charge in [0.1, 0.15) is 23.6 Å². The van der Waals surface area contributed by atoms with Crippen LogP contribution in [0.3, 0.4) is 0 Å². The molecule has 1 amide bonds. The van der Waals surface area contributed by atoms with Gasteiger partial charge in [0, 0.05) is 50.7 Å². The number of methoxy groups -OCH3 is 1. The molecule has 0 unspecified atom stereocenters. The maximum absolute atomic E-state index is 16.7. The van der Waals surface area contributed by atoms with Crippen molar-refractivity contribution in [2.45, 2.75) is 31.9 Å². The number of aryl methyl sites for hydroxylation is 1. The molecule has 0 aliphatic carbocycles. The zero-order valence-corrected chi connectivity index (χ0v) is 25.8. The molecule has 0 spiro atoms. The molecular weight excluding hydrogens is 592 g/mol. The molecule has 12 heteroatoms. The number of anilines is 1. The van der Waals surface area contributed by atoms with Gasteiger partial charge in [-0.15, -0.1) is 0 Å². The van der Waals surface area contributed by atoms with Crippen LogP contribution in [-0.4, -0.2) is 83.2 Å². The Morgan fingerprint density at radius 2 is 1.98 bits per heavy atom. The second-order valence-electron chi connectivity index (χ2n) is 11.5. The van der Waals surface area contributed by atoms with Crippen LogP contribution in [0.1, 0.15) is 18.4 Å². The van der Waals surface area contributed by atoms with Crippen LogP contribution in [0.15, 0.2) is 66.9 Å². The summed E-state index contributed by atoms with van der Waals surface area (Å²) < 4.78 is 42.1. The number of nitriles is 1. The van der Waals surface area contributed by atoms with E-state index in [-0.39, 0.29) is 67.0 Å². The molecule has 1 fully saturated rings. The van der Waals surface area contributed by atoms with Gasteiger partial charge in [-0.1, -0.05) is 43.0 Å². The molecule has 0 N–H and O–H groups in total. The molecular formula is C34H33F2N7O3. The minimum atomic E-state index is -1.13. The Labute approximate surface area is 265 Å². The number of amides is 1. The quantitative estimate of drug-likeness (QED) is 0.242. The number of benzene rings is 2. The third kappa shape index (κ3) is 5.75. The number of carbonyl (C=O) groups is 1. The number of likely N-dealkylation sites (tertiary alicyclic amines) is 1. The van der Waals surface area contributed by atoms with Gasteiger partial charge in [-0.05, 0) is 36.7 Å². The summed E-state index contributed by atoms with van der Waals surface area (Å²) in [5.41, 5.74) is 2.01. The summed E-state index contributed by atoms with van der Waals surface area (Å²) in [4.78, 5) is 31.2. The first kappa shape index (κ1) is 31.0. The van der Waals surface area contributed by atoms with Crippen molar-refractivity contribution in [2.24, 2.45) is 0 Å². The van der Waals surface area contributed by atoms with E-state index in [9.17, 15) is 14.4 Å². The van der Waals surface area contributed by atoms with E-state index in [1.165, 1.54) is 17.3 Å². The van der Waals surface area contributed by atoms with Gasteiger partial charge in [0.15, 0.2) is 11.6 Å². The molecule has 1 saturated heterocycles. The lowest BCUT2D eigenvalue weighted by molar-refractivity contribution is -0.126. The first-order valence-electron chi connectivity index (χ1n) is 14.9. The van der Waals surface area contributed by atoms with Crippen molar-refractivity contribution in [3.8, 4) is 23.3 Å². The Morgan fingerprint density at radius 1 is 1.20 bits per heavy atom. The zero-order chi connectivity index (χ0) is 32.5. The number of carbonyl (C=O) groups excluding carboxylic acids is 1. The summed E-state index contributed by atoms with van der Waals surface area (Å²) in [5.74, 6) is -2.41. The highest BCUT2D eigenvalue weighted by Crippen LogP contribution is 2.37. The lowest BCUT2D eigenvalue weighted by atomic mass is 9.97. The highest BCUT2D eigenvalue weighted by Gasteiger charge is 2.31. The summed E-state index contributed by atoms with van der Waals surface area (Å²) in [7, 11) is 3.66. The maximum Gasteiger partial charge on any atom is 0.319 e. The average Bonchev–Trinajstić information content (AvgIpc) is 3.42. The summed E-state index contributed by atoms with van der Waals surface area (Å²) >= 11 is 0. The topological polar surface area (TPSA) is 108 Å². The monoisotopic (exact) mass is 625 g/mol. The van der Waals surface area contributed by atoms with Crippen LogP contribution in [0.5, 0.6) is 6.01 Å². The molecule has 2 atom stereocenters. The predicted octanol–water partition coefficient (Wildman–Crippen LogP) is 5.28. The highest BCUT2D eigenvalue weighted by molar-refractivity contribution is 6.00. The SMILES string of the molecule is C=C(F)C(=O)N1CCN(c2nc(OC[C@@H]3C[C@@H](OC)CN3C)nc3c(F)c(-c4cccc5cccc(C)c45)ncc23)C=C1CC#N. The van der Waals surface area contributed by atoms with Gasteiger partial charge < -0.3 is 19.3 Å². The van der Waals surface area contributed by atoms with E-state index in [1.807, 2.05) is 56.4 Å². The molecule has 10 nitrogen and oxygen atoms in total.